The Morgan fingerprint density at radius 1 is 1.33 bits per heavy atom. The first-order valence-electron chi connectivity index (χ1n) is 6.79. The van der Waals surface area contributed by atoms with Crippen LogP contribution in [-0.4, -0.2) is 43.1 Å². The van der Waals surface area contributed by atoms with E-state index in [2.05, 4.69) is 47.8 Å². The van der Waals surface area contributed by atoms with Crippen molar-refractivity contribution >= 4 is 11.8 Å². The van der Waals surface area contributed by atoms with Crippen LogP contribution >= 0.6 is 11.8 Å². The summed E-state index contributed by atoms with van der Waals surface area (Å²) >= 11 is 1.95. The van der Waals surface area contributed by atoms with Gasteiger partial charge in [0.05, 0.1) is 0 Å². The van der Waals surface area contributed by atoms with Gasteiger partial charge in [0.1, 0.15) is 0 Å². The van der Waals surface area contributed by atoms with Crippen LogP contribution in [0.5, 0.6) is 0 Å². The summed E-state index contributed by atoms with van der Waals surface area (Å²) in [4.78, 5) is 2.65. The Bertz CT molecular complexity index is 367. The molecule has 0 aliphatic carbocycles. The molecule has 3 heteroatoms. The Balaban J connectivity index is 2.03. The Kier molecular flexibility index (Phi) is 5.54. The summed E-state index contributed by atoms with van der Waals surface area (Å²) in [7, 11) is 2.06. The average molecular weight is 264 g/mol. The third-order valence-corrected chi connectivity index (χ3v) is 4.39. The minimum absolute atomic E-state index is 0.659. The van der Waals surface area contributed by atoms with Crippen molar-refractivity contribution in [1.29, 1.82) is 0 Å². The Labute approximate surface area is 115 Å². The number of likely N-dealkylation sites (N-methyl/N-ethyl adjacent to an activating group) is 1. The van der Waals surface area contributed by atoms with Crippen molar-refractivity contribution in [3.8, 4) is 0 Å². The van der Waals surface area contributed by atoms with Crippen LogP contribution in [0, 0.1) is 0 Å². The SMILES string of the molecule is CNCC1Cc2ccccc2CN1CCCSC. The van der Waals surface area contributed by atoms with Gasteiger partial charge in [-0.15, -0.1) is 0 Å². The fourth-order valence-electron chi connectivity index (χ4n) is 2.75. The molecule has 0 spiro atoms. The predicted octanol–water partition coefficient (Wildman–Crippen LogP) is 2.39. The van der Waals surface area contributed by atoms with Gasteiger partial charge in [-0.2, -0.15) is 11.8 Å². The van der Waals surface area contributed by atoms with E-state index in [1.807, 2.05) is 11.8 Å². The zero-order valence-electron chi connectivity index (χ0n) is 11.5. The first-order valence-corrected chi connectivity index (χ1v) is 8.19. The fraction of sp³-hybridized carbons (Fsp3) is 0.600. The summed E-state index contributed by atoms with van der Waals surface area (Å²) in [5.74, 6) is 1.27. The number of hydrogen-bond acceptors (Lipinski definition) is 3. The van der Waals surface area contributed by atoms with Crippen molar-refractivity contribution in [2.45, 2.75) is 25.4 Å². The van der Waals surface area contributed by atoms with E-state index in [0.717, 1.165) is 13.1 Å². The van der Waals surface area contributed by atoms with Crippen LogP contribution in [0.4, 0.5) is 0 Å². The molecule has 2 rings (SSSR count). The van der Waals surface area contributed by atoms with Crippen LogP contribution in [0.15, 0.2) is 24.3 Å². The summed E-state index contributed by atoms with van der Waals surface area (Å²) in [6, 6.07) is 9.56. The molecule has 0 radical (unpaired) electrons. The first-order chi connectivity index (χ1) is 8.85. The molecular weight excluding hydrogens is 240 g/mol. The zero-order chi connectivity index (χ0) is 12.8. The molecule has 1 aliphatic rings. The van der Waals surface area contributed by atoms with E-state index in [0.29, 0.717) is 6.04 Å². The molecular formula is C15H24N2S. The third kappa shape index (κ3) is 3.50. The van der Waals surface area contributed by atoms with Gasteiger partial charge in [-0.3, -0.25) is 4.90 Å². The van der Waals surface area contributed by atoms with Gasteiger partial charge < -0.3 is 5.32 Å². The summed E-state index contributed by atoms with van der Waals surface area (Å²) in [6.45, 7) is 3.44. The van der Waals surface area contributed by atoms with E-state index in [9.17, 15) is 0 Å². The van der Waals surface area contributed by atoms with Gasteiger partial charge in [-0.25, -0.2) is 0 Å². The van der Waals surface area contributed by atoms with Crippen LogP contribution in [-0.2, 0) is 13.0 Å². The highest BCUT2D eigenvalue weighted by atomic mass is 32.2. The predicted molar refractivity (Wildman–Crippen MR) is 81.3 cm³/mol. The molecule has 100 valence electrons. The second-order valence-corrected chi connectivity index (χ2v) is 5.99. The fourth-order valence-corrected chi connectivity index (χ4v) is 3.17. The number of rotatable bonds is 6. The molecule has 0 amide bonds. The van der Waals surface area contributed by atoms with Gasteiger partial charge in [0.25, 0.3) is 0 Å². The monoisotopic (exact) mass is 264 g/mol. The summed E-state index contributed by atoms with van der Waals surface area (Å²) in [5, 5.41) is 3.34. The largest absolute Gasteiger partial charge is 0.318 e. The number of nitrogens with zero attached hydrogens (tertiary/aromatic N) is 1. The topological polar surface area (TPSA) is 15.3 Å². The molecule has 1 N–H and O–H groups in total. The first kappa shape index (κ1) is 13.9. The van der Waals surface area contributed by atoms with Crippen molar-refractivity contribution in [2.24, 2.45) is 0 Å². The summed E-state index contributed by atoms with van der Waals surface area (Å²) in [5.41, 5.74) is 3.06. The van der Waals surface area contributed by atoms with Crippen LogP contribution in [0.25, 0.3) is 0 Å². The summed E-state index contributed by atoms with van der Waals surface area (Å²) in [6.07, 6.45) is 4.68. The smallest absolute Gasteiger partial charge is 0.0264 e. The quantitative estimate of drug-likeness (QED) is 0.794. The van der Waals surface area contributed by atoms with E-state index >= 15 is 0 Å². The minimum Gasteiger partial charge on any atom is -0.318 e. The van der Waals surface area contributed by atoms with Crippen molar-refractivity contribution < 1.29 is 0 Å². The molecule has 1 atom stereocenters. The Morgan fingerprint density at radius 2 is 2.11 bits per heavy atom. The highest BCUT2D eigenvalue weighted by molar-refractivity contribution is 7.98. The normalized spacial score (nSPS) is 19.8. The number of thioether (sulfide) groups is 1. The maximum Gasteiger partial charge on any atom is 0.0264 e. The molecule has 0 saturated carbocycles. The average Bonchev–Trinajstić information content (AvgIpc) is 2.40. The van der Waals surface area contributed by atoms with Gasteiger partial charge in [-0.05, 0) is 49.6 Å². The lowest BCUT2D eigenvalue weighted by Gasteiger charge is -2.37. The van der Waals surface area contributed by atoms with Crippen LogP contribution in [0.2, 0.25) is 0 Å². The van der Waals surface area contributed by atoms with E-state index < -0.39 is 0 Å². The van der Waals surface area contributed by atoms with Crippen LogP contribution < -0.4 is 5.32 Å². The molecule has 0 fully saturated rings. The lowest BCUT2D eigenvalue weighted by molar-refractivity contribution is 0.170. The zero-order valence-corrected chi connectivity index (χ0v) is 12.3. The molecule has 1 heterocycles. The molecule has 1 unspecified atom stereocenters. The molecule has 0 saturated heterocycles. The van der Waals surface area contributed by atoms with Crippen LogP contribution in [0.3, 0.4) is 0 Å². The third-order valence-electron chi connectivity index (χ3n) is 3.70. The highest BCUT2D eigenvalue weighted by Crippen LogP contribution is 2.23. The number of fused-ring (bicyclic) bond motifs is 1. The van der Waals surface area contributed by atoms with E-state index in [4.69, 9.17) is 0 Å². The second kappa shape index (κ2) is 7.17. The second-order valence-electron chi connectivity index (χ2n) is 5.00. The highest BCUT2D eigenvalue weighted by Gasteiger charge is 2.24. The molecule has 18 heavy (non-hydrogen) atoms. The Hall–Kier alpha value is -0.510. The standard InChI is InChI=1S/C15H24N2S/c1-16-11-15-10-13-6-3-4-7-14(13)12-17(15)8-5-9-18-2/h3-4,6-7,15-16H,5,8-12H2,1-2H3. The minimum atomic E-state index is 0.659. The number of hydrogen-bond donors (Lipinski definition) is 1. The van der Waals surface area contributed by atoms with Gasteiger partial charge in [0, 0.05) is 19.1 Å². The molecule has 1 aromatic rings. The molecule has 1 aromatic carbocycles. The molecule has 0 aromatic heterocycles. The maximum absolute atomic E-state index is 3.34. The van der Waals surface area contributed by atoms with Crippen molar-refractivity contribution in [2.75, 3.05) is 32.1 Å². The number of nitrogens with one attached hydrogen (secondary N) is 1. The van der Waals surface area contributed by atoms with Gasteiger partial charge in [-0.1, -0.05) is 24.3 Å². The van der Waals surface area contributed by atoms with E-state index in [-0.39, 0.29) is 0 Å². The van der Waals surface area contributed by atoms with Gasteiger partial charge >= 0.3 is 0 Å². The van der Waals surface area contributed by atoms with Crippen molar-refractivity contribution in [1.82, 2.24) is 10.2 Å². The molecule has 1 aliphatic heterocycles. The maximum atomic E-state index is 3.34. The van der Waals surface area contributed by atoms with E-state index in [1.165, 1.54) is 30.7 Å². The van der Waals surface area contributed by atoms with Crippen LogP contribution in [0.1, 0.15) is 17.5 Å². The van der Waals surface area contributed by atoms with Gasteiger partial charge in [0.2, 0.25) is 0 Å². The van der Waals surface area contributed by atoms with Crippen molar-refractivity contribution in [3.63, 3.8) is 0 Å². The molecule has 0 bridgehead atoms. The lowest BCUT2D eigenvalue weighted by atomic mass is 9.94. The lowest BCUT2D eigenvalue weighted by Crippen LogP contribution is -2.46. The van der Waals surface area contributed by atoms with Gasteiger partial charge in [0.15, 0.2) is 0 Å². The van der Waals surface area contributed by atoms with E-state index in [1.54, 1.807) is 5.56 Å². The molecule has 2 nitrogen and oxygen atoms in total. The summed E-state index contributed by atoms with van der Waals surface area (Å²) < 4.78 is 0. The van der Waals surface area contributed by atoms with Crippen molar-refractivity contribution in [3.05, 3.63) is 35.4 Å². The number of benzene rings is 1. The Morgan fingerprint density at radius 3 is 2.83 bits per heavy atom.